The molecule has 0 spiro atoms. The third kappa shape index (κ3) is 2.11. The molecule has 1 heterocycles. The Balaban J connectivity index is 1.78. The molecule has 1 aliphatic carbocycles. The molecule has 18 heavy (non-hydrogen) atoms. The van der Waals surface area contributed by atoms with Gasteiger partial charge in [-0.15, -0.1) is 0 Å². The molecule has 0 aliphatic heterocycles. The molecule has 3 heteroatoms. The number of benzene rings is 1. The fourth-order valence-electron chi connectivity index (χ4n) is 2.93. The van der Waals surface area contributed by atoms with Crippen LogP contribution in [0.5, 0.6) is 0 Å². The third-order valence-corrected chi connectivity index (χ3v) is 3.95. The van der Waals surface area contributed by atoms with Crippen molar-refractivity contribution in [3.8, 4) is 6.07 Å². The van der Waals surface area contributed by atoms with Crippen LogP contribution in [0.3, 0.4) is 0 Å². The predicted molar refractivity (Wildman–Crippen MR) is 71.1 cm³/mol. The first kappa shape index (κ1) is 11.3. The Morgan fingerprint density at radius 3 is 2.94 bits per heavy atom. The number of hydrogen-bond acceptors (Lipinski definition) is 2. The molecular weight excluding hydrogens is 222 g/mol. The normalized spacial score (nSPS) is 16.2. The van der Waals surface area contributed by atoms with Gasteiger partial charge in [-0.05, 0) is 24.5 Å². The van der Waals surface area contributed by atoms with Crippen LogP contribution in [0, 0.1) is 17.2 Å². The Kier molecular flexibility index (Phi) is 3.02. The molecule has 0 atom stereocenters. The molecule has 0 radical (unpaired) electrons. The van der Waals surface area contributed by atoms with Crippen LogP contribution >= 0.6 is 0 Å². The van der Waals surface area contributed by atoms with Crippen molar-refractivity contribution < 1.29 is 0 Å². The third-order valence-electron chi connectivity index (χ3n) is 3.95. The summed E-state index contributed by atoms with van der Waals surface area (Å²) in [6, 6.07) is 7.91. The highest BCUT2D eigenvalue weighted by Gasteiger charge is 2.15. The summed E-state index contributed by atoms with van der Waals surface area (Å²) in [5.41, 5.74) is 2.47. The average Bonchev–Trinajstić information content (AvgIpc) is 3.04. The minimum atomic E-state index is 0.663. The quantitative estimate of drug-likeness (QED) is 0.890. The van der Waals surface area contributed by atoms with Crippen LogP contribution in [0.25, 0.3) is 11.0 Å². The lowest BCUT2D eigenvalue weighted by Crippen LogP contribution is -1.97. The Bertz CT molecular complexity index is 585. The Hall–Kier alpha value is -1.82. The van der Waals surface area contributed by atoms with Gasteiger partial charge in [-0.25, -0.2) is 4.98 Å². The lowest BCUT2D eigenvalue weighted by molar-refractivity contribution is 0.498. The van der Waals surface area contributed by atoms with Crippen molar-refractivity contribution in [2.75, 3.05) is 0 Å². The van der Waals surface area contributed by atoms with Crippen molar-refractivity contribution in [1.82, 2.24) is 9.97 Å². The van der Waals surface area contributed by atoms with Gasteiger partial charge in [0.15, 0.2) is 0 Å². The highest BCUT2D eigenvalue weighted by molar-refractivity contribution is 5.81. The van der Waals surface area contributed by atoms with Crippen LogP contribution < -0.4 is 0 Å². The van der Waals surface area contributed by atoms with E-state index in [9.17, 15) is 0 Å². The van der Waals surface area contributed by atoms with Gasteiger partial charge in [0.25, 0.3) is 0 Å². The SMILES string of the molecule is N#Cc1cccc2[nH]c(CCC3CCCC3)nc12. The number of imidazole rings is 1. The molecule has 0 bridgehead atoms. The molecule has 3 nitrogen and oxygen atoms in total. The smallest absolute Gasteiger partial charge is 0.107 e. The first-order chi connectivity index (χ1) is 8.86. The number of nitrogens with one attached hydrogen (secondary N) is 1. The van der Waals surface area contributed by atoms with E-state index in [1.807, 2.05) is 18.2 Å². The van der Waals surface area contributed by atoms with Crippen LogP contribution in [0.1, 0.15) is 43.5 Å². The van der Waals surface area contributed by atoms with Crippen LogP contribution in [0.15, 0.2) is 18.2 Å². The lowest BCUT2D eigenvalue weighted by atomic mass is 10.0. The summed E-state index contributed by atoms with van der Waals surface area (Å²) < 4.78 is 0. The van der Waals surface area contributed by atoms with E-state index in [-0.39, 0.29) is 0 Å². The summed E-state index contributed by atoms with van der Waals surface area (Å²) in [7, 11) is 0. The molecule has 92 valence electrons. The monoisotopic (exact) mass is 239 g/mol. The summed E-state index contributed by atoms with van der Waals surface area (Å²) in [6.07, 6.45) is 7.77. The Morgan fingerprint density at radius 2 is 2.17 bits per heavy atom. The number of hydrogen-bond donors (Lipinski definition) is 1. The summed E-state index contributed by atoms with van der Waals surface area (Å²) in [4.78, 5) is 7.90. The minimum Gasteiger partial charge on any atom is -0.342 e. The largest absolute Gasteiger partial charge is 0.342 e. The van der Waals surface area contributed by atoms with Crippen LogP contribution in [0.2, 0.25) is 0 Å². The average molecular weight is 239 g/mol. The fourth-order valence-corrected chi connectivity index (χ4v) is 2.93. The number of rotatable bonds is 3. The summed E-state index contributed by atoms with van der Waals surface area (Å²) >= 11 is 0. The van der Waals surface area contributed by atoms with Crippen molar-refractivity contribution in [1.29, 1.82) is 5.26 Å². The molecular formula is C15H17N3. The Morgan fingerprint density at radius 1 is 1.33 bits per heavy atom. The maximum atomic E-state index is 9.04. The number of aromatic amines is 1. The summed E-state index contributed by atoms with van der Waals surface area (Å²) in [6.45, 7) is 0. The molecule has 0 saturated heterocycles. The van der Waals surface area contributed by atoms with Gasteiger partial charge in [-0.2, -0.15) is 5.26 Å². The highest BCUT2D eigenvalue weighted by atomic mass is 14.9. The van der Waals surface area contributed by atoms with Crippen LogP contribution in [-0.4, -0.2) is 9.97 Å². The van der Waals surface area contributed by atoms with Gasteiger partial charge in [0.05, 0.1) is 11.1 Å². The molecule has 0 amide bonds. The number of H-pyrrole nitrogens is 1. The maximum Gasteiger partial charge on any atom is 0.107 e. The van der Waals surface area contributed by atoms with Crippen LogP contribution in [0.4, 0.5) is 0 Å². The van der Waals surface area contributed by atoms with Gasteiger partial charge < -0.3 is 4.98 Å². The first-order valence-electron chi connectivity index (χ1n) is 6.74. The number of fused-ring (bicyclic) bond motifs is 1. The fraction of sp³-hybridized carbons (Fsp3) is 0.467. The van der Waals surface area contributed by atoms with Gasteiger partial charge >= 0.3 is 0 Å². The van der Waals surface area contributed by atoms with Crippen molar-refractivity contribution in [2.45, 2.75) is 38.5 Å². The molecule has 3 rings (SSSR count). The van der Waals surface area contributed by atoms with Crippen molar-refractivity contribution in [3.05, 3.63) is 29.6 Å². The van der Waals surface area contributed by atoms with Crippen LogP contribution in [-0.2, 0) is 6.42 Å². The molecule has 1 aromatic carbocycles. The van der Waals surface area contributed by atoms with E-state index >= 15 is 0 Å². The first-order valence-corrected chi connectivity index (χ1v) is 6.74. The van der Waals surface area contributed by atoms with E-state index in [1.54, 1.807) is 0 Å². The molecule has 1 N–H and O–H groups in total. The second-order valence-corrected chi connectivity index (χ2v) is 5.19. The zero-order chi connectivity index (χ0) is 12.4. The maximum absolute atomic E-state index is 9.04. The van der Waals surface area contributed by atoms with Crippen molar-refractivity contribution >= 4 is 11.0 Å². The van der Waals surface area contributed by atoms with E-state index in [0.717, 1.165) is 29.2 Å². The van der Waals surface area contributed by atoms with E-state index in [4.69, 9.17) is 5.26 Å². The van der Waals surface area contributed by atoms with E-state index < -0.39 is 0 Å². The Labute approximate surface area is 107 Å². The van der Waals surface area contributed by atoms with Gasteiger partial charge in [-0.3, -0.25) is 0 Å². The van der Waals surface area contributed by atoms with Gasteiger partial charge in [-0.1, -0.05) is 31.7 Å². The van der Waals surface area contributed by atoms with E-state index in [2.05, 4.69) is 16.0 Å². The van der Waals surface area contributed by atoms with Gasteiger partial charge in [0.1, 0.15) is 17.4 Å². The number of aromatic nitrogens is 2. The molecule has 1 fully saturated rings. The second-order valence-electron chi connectivity index (χ2n) is 5.19. The minimum absolute atomic E-state index is 0.663. The number of nitrogens with zero attached hydrogens (tertiary/aromatic N) is 2. The molecule has 0 unspecified atom stereocenters. The number of nitriles is 1. The standard InChI is InChI=1S/C15H17N3/c16-10-12-6-3-7-13-15(12)18-14(17-13)9-8-11-4-1-2-5-11/h3,6-7,11H,1-2,4-5,8-9H2,(H,17,18). The number of para-hydroxylation sites is 1. The second kappa shape index (κ2) is 4.81. The summed E-state index contributed by atoms with van der Waals surface area (Å²) in [5.74, 6) is 1.91. The zero-order valence-electron chi connectivity index (χ0n) is 10.4. The van der Waals surface area contributed by atoms with E-state index in [1.165, 1.54) is 32.1 Å². The van der Waals surface area contributed by atoms with E-state index in [0.29, 0.717) is 5.56 Å². The summed E-state index contributed by atoms with van der Waals surface area (Å²) in [5, 5.41) is 9.04. The zero-order valence-corrected chi connectivity index (χ0v) is 10.4. The lowest BCUT2D eigenvalue weighted by Gasteiger charge is -2.05. The highest BCUT2D eigenvalue weighted by Crippen LogP contribution is 2.28. The molecule has 1 aliphatic rings. The van der Waals surface area contributed by atoms with Gasteiger partial charge in [0.2, 0.25) is 0 Å². The topological polar surface area (TPSA) is 52.5 Å². The predicted octanol–water partition coefficient (Wildman–Crippen LogP) is 3.56. The van der Waals surface area contributed by atoms with Gasteiger partial charge in [0, 0.05) is 6.42 Å². The van der Waals surface area contributed by atoms with Crippen molar-refractivity contribution in [3.63, 3.8) is 0 Å². The number of aryl methyl sites for hydroxylation is 1. The molecule has 2 aromatic rings. The molecule has 1 aromatic heterocycles. The molecule has 1 saturated carbocycles. The van der Waals surface area contributed by atoms with Crippen molar-refractivity contribution in [2.24, 2.45) is 5.92 Å².